The van der Waals surface area contributed by atoms with Crippen LogP contribution in [0.2, 0.25) is 0 Å². The molecule has 3 nitrogen and oxygen atoms in total. The van der Waals surface area contributed by atoms with E-state index >= 15 is 0 Å². The summed E-state index contributed by atoms with van der Waals surface area (Å²) < 4.78 is 0. The molecule has 4 fully saturated rings. The number of carbonyl (C=O) groups is 2. The summed E-state index contributed by atoms with van der Waals surface area (Å²) in [6.07, 6.45) is 7.62. The normalized spacial score (nSPS) is 34.7. The molecule has 1 heterocycles. The minimum atomic E-state index is -0.113. The van der Waals surface area contributed by atoms with Gasteiger partial charge in [-0.05, 0) is 79.9 Å². The van der Waals surface area contributed by atoms with E-state index in [2.05, 4.69) is 30.3 Å². The second-order valence-corrected chi connectivity index (χ2v) is 9.77. The van der Waals surface area contributed by atoms with Crippen LogP contribution in [0.4, 0.5) is 0 Å². The van der Waals surface area contributed by atoms with Gasteiger partial charge in [-0.25, -0.2) is 0 Å². The van der Waals surface area contributed by atoms with Crippen LogP contribution < -0.4 is 0 Å². The van der Waals surface area contributed by atoms with Gasteiger partial charge in [0.05, 0.1) is 11.1 Å². The summed E-state index contributed by atoms with van der Waals surface area (Å²) in [5, 5.41) is 0. The van der Waals surface area contributed by atoms with E-state index in [1.165, 1.54) is 42.6 Å². The minimum Gasteiger partial charge on any atom is -0.274 e. The molecule has 0 aromatic heterocycles. The number of carbonyl (C=O) groups excluding carboxylic acids is 2. The molecule has 2 aromatic rings. The molecule has 0 spiro atoms. The molecule has 1 aliphatic heterocycles. The van der Waals surface area contributed by atoms with Crippen LogP contribution in [-0.2, 0) is 5.41 Å². The van der Waals surface area contributed by atoms with E-state index in [9.17, 15) is 9.59 Å². The van der Waals surface area contributed by atoms with Crippen molar-refractivity contribution in [2.75, 3.05) is 6.54 Å². The molecule has 5 aliphatic rings. The van der Waals surface area contributed by atoms with E-state index in [1.807, 2.05) is 12.1 Å². The maximum atomic E-state index is 12.9. The van der Waals surface area contributed by atoms with Gasteiger partial charge < -0.3 is 0 Å². The summed E-state index contributed by atoms with van der Waals surface area (Å²) in [6.45, 7) is 0.531. The molecule has 2 aromatic carbocycles. The summed E-state index contributed by atoms with van der Waals surface area (Å²) in [4.78, 5) is 27.4. The molecule has 2 amide bonds. The number of hydrogen-bond acceptors (Lipinski definition) is 2. The quantitative estimate of drug-likeness (QED) is 0.689. The van der Waals surface area contributed by atoms with E-state index in [0.29, 0.717) is 29.5 Å². The Labute approximate surface area is 172 Å². The van der Waals surface area contributed by atoms with E-state index in [0.717, 1.165) is 18.3 Å². The number of hydrogen-bond donors (Lipinski definition) is 0. The van der Waals surface area contributed by atoms with Crippen molar-refractivity contribution in [3.05, 3.63) is 71.3 Å². The third-order valence-corrected chi connectivity index (χ3v) is 8.53. The molecule has 4 saturated carbocycles. The molecule has 4 bridgehead atoms. The van der Waals surface area contributed by atoms with E-state index in [4.69, 9.17) is 0 Å². The summed E-state index contributed by atoms with van der Waals surface area (Å²) >= 11 is 0. The highest BCUT2D eigenvalue weighted by atomic mass is 16.2. The zero-order valence-electron chi connectivity index (χ0n) is 16.7. The van der Waals surface area contributed by atoms with Crippen molar-refractivity contribution in [2.24, 2.45) is 23.7 Å². The molecule has 148 valence electrons. The molecule has 29 heavy (non-hydrogen) atoms. The Morgan fingerprint density at radius 2 is 1.24 bits per heavy atom. The van der Waals surface area contributed by atoms with Crippen LogP contribution in [-0.4, -0.2) is 23.3 Å². The van der Waals surface area contributed by atoms with Gasteiger partial charge in [0.1, 0.15) is 0 Å². The van der Waals surface area contributed by atoms with Crippen LogP contribution >= 0.6 is 0 Å². The summed E-state index contributed by atoms with van der Waals surface area (Å²) in [5.74, 6) is 2.95. The molecular weight excluding hydrogens is 358 g/mol. The van der Waals surface area contributed by atoms with Gasteiger partial charge in [0, 0.05) is 12.0 Å². The largest absolute Gasteiger partial charge is 0.274 e. The van der Waals surface area contributed by atoms with Crippen molar-refractivity contribution in [3.8, 4) is 0 Å². The fourth-order valence-electron chi connectivity index (χ4n) is 7.54. The third-order valence-electron chi connectivity index (χ3n) is 8.53. The van der Waals surface area contributed by atoms with Crippen molar-refractivity contribution in [1.82, 2.24) is 4.90 Å². The molecule has 0 saturated heterocycles. The van der Waals surface area contributed by atoms with Crippen LogP contribution in [0.15, 0.2) is 54.6 Å². The van der Waals surface area contributed by atoms with Crippen molar-refractivity contribution in [1.29, 1.82) is 0 Å². The van der Waals surface area contributed by atoms with Crippen LogP contribution in [0.25, 0.3) is 0 Å². The Morgan fingerprint density at radius 3 is 1.79 bits per heavy atom. The van der Waals surface area contributed by atoms with E-state index in [1.54, 1.807) is 12.1 Å². The molecule has 0 unspecified atom stereocenters. The number of fused-ring (bicyclic) bond motifs is 1. The Balaban J connectivity index is 1.35. The fourth-order valence-corrected chi connectivity index (χ4v) is 7.54. The van der Waals surface area contributed by atoms with Gasteiger partial charge in [0.2, 0.25) is 0 Å². The van der Waals surface area contributed by atoms with Crippen LogP contribution in [0.3, 0.4) is 0 Å². The lowest BCUT2D eigenvalue weighted by Gasteiger charge is -2.62. The van der Waals surface area contributed by atoms with Crippen molar-refractivity contribution in [2.45, 2.75) is 43.9 Å². The Morgan fingerprint density at radius 1 is 0.724 bits per heavy atom. The lowest BCUT2D eigenvalue weighted by Crippen LogP contribution is -2.56. The Kier molecular flexibility index (Phi) is 3.78. The maximum absolute atomic E-state index is 12.9. The lowest BCUT2D eigenvalue weighted by molar-refractivity contribution is -0.0665. The van der Waals surface area contributed by atoms with Crippen LogP contribution in [0.1, 0.15) is 64.8 Å². The van der Waals surface area contributed by atoms with Gasteiger partial charge in [-0.3, -0.25) is 14.5 Å². The van der Waals surface area contributed by atoms with Gasteiger partial charge >= 0.3 is 0 Å². The highest BCUT2D eigenvalue weighted by Crippen LogP contribution is 2.64. The number of rotatable bonds is 4. The first kappa shape index (κ1) is 17.4. The first-order chi connectivity index (χ1) is 14.2. The third kappa shape index (κ3) is 2.43. The Hall–Kier alpha value is -2.42. The van der Waals surface area contributed by atoms with Crippen LogP contribution in [0.5, 0.6) is 0 Å². The van der Waals surface area contributed by atoms with Crippen molar-refractivity contribution in [3.63, 3.8) is 0 Å². The predicted octanol–water partition coefficient (Wildman–Crippen LogP) is 5.07. The summed E-state index contributed by atoms with van der Waals surface area (Å²) in [7, 11) is 0. The van der Waals surface area contributed by atoms with Crippen LogP contribution in [0, 0.1) is 23.7 Å². The molecule has 0 N–H and O–H groups in total. The standard InChI is InChI=1S/C26H27NO2/c28-24-22-8-4-5-9-23(22)25(29)27(24)11-10-26(19-6-2-1-3-7-19)20-13-17-12-18(15-20)16-21(26)14-17/h1-9,17-18,20-21H,10-16H2. The lowest BCUT2D eigenvalue weighted by atomic mass is 9.43. The second kappa shape index (κ2) is 6.29. The zero-order chi connectivity index (χ0) is 19.6. The molecule has 0 atom stereocenters. The van der Waals surface area contributed by atoms with E-state index in [-0.39, 0.29) is 17.2 Å². The number of amides is 2. The SMILES string of the molecule is O=C1c2ccccc2C(=O)N1CCC1(c2ccccc2)C2CC3CC(C2)CC1C3. The maximum Gasteiger partial charge on any atom is 0.261 e. The minimum absolute atomic E-state index is 0.113. The average Bonchev–Trinajstić information content (AvgIpc) is 2.99. The van der Waals surface area contributed by atoms with E-state index < -0.39 is 0 Å². The first-order valence-corrected chi connectivity index (χ1v) is 11.2. The molecule has 3 heteroatoms. The van der Waals surface area contributed by atoms with Gasteiger partial charge in [-0.15, -0.1) is 0 Å². The van der Waals surface area contributed by atoms with Gasteiger partial charge in [-0.1, -0.05) is 42.5 Å². The highest BCUT2D eigenvalue weighted by molar-refractivity contribution is 6.21. The average molecular weight is 386 g/mol. The molecular formula is C26H27NO2. The number of benzene rings is 2. The van der Waals surface area contributed by atoms with Gasteiger partial charge in [-0.2, -0.15) is 0 Å². The zero-order valence-corrected chi connectivity index (χ0v) is 16.7. The number of imide groups is 1. The number of nitrogens with zero attached hydrogens (tertiary/aromatic N) is 1. The second-order valence-electron chi connectivity index (χ2n) is 9.77. The van der Waals surface area contributed by atoms with Gasteiger partial charge in [0.15, 0.2) is 0 Å². The summed E-state index contributed by atoms with van der Waals surface area (Å²) in [6, 6.07) is 18.3. The monoisotopic (exact) mass is 385 g/mol. The summed E-state index contributed by atoms with van der Waals surface area (Å²) in [5.41, 5.74) is 2.68. The molecule has 0 radical (unpaired) electrons. The topological polar surface area (TPSA) is 37.4 Å². The highest BCUT2D eigenvalue weighted by Gasteiger charge is 2.57. The Bertz CT molecular complexity index is 916. The fraction of sp³-hybridized carbons (Fsp3) is 0.462. The van der Waals surface area contributed by atoms with Crippen molar-refractivity contribution < 1.29 is 9.59 Å². The molecule has 7 rings (SSSR count). The first-order valence-electron chi connectivity index (χ1n) is 11.2. The van der Waals surface area contributed by atoms with Gasteiger partial charge in [0.25, 0.3) is 11.8 Å². The van der Waals surface area contributed by atoms with Crippen molar-refractivity contribution >= 4 is 11.8 Å². The molecule has 4 aliphatic carbocycles. The smallest absolute Gasteiger partial charge is 0.261 e. The predicted molar refractivity (Wildman–Crippen MR) is 112 cm³/mol.